The van der Waals surface area contributed by atoms with Crippen LogP contribution in [0.2, 0.25) is 10.0 Å². The fourth-order valence-electron chi connectivity index (χ4n) is 3.20. The smallest absolute Gasteiger partial charge is 0.257 e. The van der Waals surface area contributed by atoms with Crippen molar-refractivity contribution in [2.75, 3.05) is 21.9 Å². The molecule has 4 rings (SSSR count). The van der Waals surface area contributed by atoms with Gasteiger partial charge in [-0.2, -0.15) is 5.10 Å². The molecule has 1 aliphatic rings. The quantitative estimate of drug-likeness (QED) is 0.531. The number of anilines is 2. The molecule has 150 valence electrons. The molecule has 0 saturated carbocycles. The first kappa shape index (κ1) is 20.1. The minimum atomic E-state index is -0.305. The topological polar surface area (TPSA) is 63.1 Å². The number of carbonyl (C=O) groups is 1. The van der Waals surface area contributed by atoms with E-state index in [2.05, 4.69) is 19.7 Å². The predicted octanol–water partition coefficient (Wildman–Crippen LogP) is 5.38. The highest BCUT2D eigenvalue weighted by Gasteiger charge is 2.19. The Balaban J connectivity index is 1.61. The number of nitrogens with one attached hydrogen (secondary N) is 1. The first-order valence-electron chi connectivity index (χ1n) is 9.25. The number of carbonyl (C=O) groups excluding carboxylic acids is 1. The number of rotatable bonds is 5. The Morgan fingerprint density at radius 3 is 2.90 bits per heavy atom. The molecule has 0 spiro atoms. The zero-order chi connectivity index (χ0) is 20.4. The molecule has 1 saturated heterocycles. The lowest BCUT2D eigenvalue weighted by atomic mass is 10.1. The third-order valence-corrected chi connectivity index (χ3v) is 6.23. The van der Waals surface area contributed by atoms with Crippen LogP contribution in [0.3, 0.4) is 0 Å². The van der Waals surface area contributed by atoms with Gasteiger partial charge in [-0.1, -0.05) is 23.2 Å². The van der Waals surface area contributed by atoms with E-state index in [9.17, 15) is 4.79 Å². The summed E-state index contributed by atoms with van der Waals surface area (Å²) in [7, 11) is 0. The highest BCUT2D eigenvalue weighted by atomic mass is 35.5. The number of amides is 1. The van der Waals surface area contributed by atoms with Gasteiger partial charge < -0.3 is 9.62 Å². The lowest BCUT2D eigenvalue weighted by molar-refractivity contribution is 0.102. The normalized spacial score (nSPS) is 13.7. The molecule has 3 heterocycles. The van der Waals surface area contributed by atoms with Gasteiger partial charge in [0.15, 0.2) is 0 Å². The van der Waals surface area contributed by atoms with E-state index in [-0.39, 0.29) is 5.91 Å². The summed E-state index contributed by atoms with van der Waals surface area (Å²) < 4.78 is 3.95. The first-order chi connectivity index (χ1) is 14.0. The molecule has 0 radical (unpaired) electrons. The summed E-state index contributed by atoms with van der Waals surface area (Å²) in [6.07, 6.45) is 4.36. The van der Waals surface area contributed by atoms with Gasteiger partial charge in [0.25, 0.3) is 5.91 Å². The molecule has 29 heavy (non-hydrogen) atoms. The number of hydrogen-bond donors (Lipinski definition) is 1. The second-order valence-electron chi connectivity index (χ2n) is 6.53. The first-order valence-corrected chi connectivity index (χ1v) is 10.9. The molecule has 1 N–H and O–H groups in total. The summed E-state index contributed by atoms with van der Waals surface area (Å²) in [5, 5.41) is 8.03. The molecular formula is C20H19Cl2N5OS. The maximum Gasteiger partial charge on any atom is 0.257 e. The number of aryl methyl sites for hydroxylation is 1. The van der Waals surface area contributed by atoms with Crippen LogP contribution in [0, 0.1) is 0 Å². The molecule has 0 atom stereocenters. The van der Waals surface area contributed by atoms with Gasteiger partial charge >= 0.3 is 0 Å². The van der Waals surface area contributed by atoms with Gasteiger partial charge in [0, 0.05) is 47.5 Å². The largest absolute Gasteiger partial charge is 0.322 e. The number of hydrogen-bond acceptors (Lipinski definition) is 5. The molecule has 3 aromatic rings. The second kappa shape index (κ2) is 8.65. The van der Waals surface area contributed by atoms with E-state index < -0.39 is 0 Å². The van der Waals surface area contributed by atoms with Crippen molar-refractivity contribution in [3.8, 4) is 11.3 Å². The lowest BCUT2D eigenvalue weighted by Crippen LogP contribution is -2.16. The van der Waals surface area contributed by atoms with Crippen molar-refractivity contribution in [1.29, 1.82) is 0 Å². The molecule has 1 aromatic carbocycles. The van der Waals surface area contributed by atoms with Crippen molar-refractivity contribution in [2.24, 2.45) is 0 Å². The van der Waals surface area contributed by atoms with Crippen LogP contribution in [-0.4, -0.2) is 33.0 Å². The van der Waals surface area contributed by atoms with E-state index in [1.54, 1.807) is 30.3 Å². The maximum absolute atomic E-state index is 12.9. The molecule has 0 unspecified atom stereocenters. The van der Waals surface area contributed by atoms with E-state index in [4.69, 9.17) is 23.2 Å². The molecule has 1 amide bonds. The predicted molar refractivity (Wildman–Crippen MR) is 120 cm³/mol. The zero-order valence-electron chi connectivity index (χ0n) is 15.7. The van der Waals surface area contributed by atoms with Gasteiger partial charge in [-0.05, 0) is 55.6 Å². The average molecular weight is 448 g/mol. The summed E-state index contributed by atoms with van der Waals surface area (Å²) in [5.74, 6) is 1.48. The van der Waals surface area contributed by atoms with Crippen molar-refractivity contribution >= 4 is 52.6 Å². The van der Waals surface area contributed by atoms with E-state index in [1.807, 2.05) is 29.8 Å². The van der Waals surface area contributed by atoms with Crippen LogP contribution in [0.5, 0.6) is 0 Å². The Hall–Kier alpha value is -2.22. The van der Waals surface area contributed by atoms with Crippen molar-refractivity contribution in [1.82, 2.24) is 14.8 Å². The molecule has 0 aliphatic carbocycles. The van der Waals surface area contributed by atoms with Gasteiger partial charge in [-0.15, -0.1) is 0 Å². The molecule has 9 heteroatoms. The summed E-state index contributed by atoms with van der Waals surface area (Å²) in [4.78, 5) is 17.3. The second-order valence-corrected chi connectivity index (χ2v) is 8.48. The Labute approximate surface area is 183 Å². The van der Waals surface area contributed by atoms with Gasteiger partial charge in [0.05, 0.1) is 16.3 Å². The Morgan fingerprint density at radius 2 is 2.14 bits per heavy atom. The van der Waals surface area contributed by atoms with Gasteiger partial charge in [-0.3, -0.25) is 9.48 Å². The summed E-state index contributed by atoms with van der Waals surface area (Å²) in [6.45, 7) is 3.66. The number of pyridine rings is 1. The molecular weight excluding hydrogens is 429 g/mol. The van der Waals surface area contributed by atoms with Gasteiger partial charge in [0.1, 0.15) is 5.82 Å². The van der Waals surface area contributed by atoms with Gasteiger partial charge in [0.2, 0.25) is 0 Å². The average Bonchev–Trinajstić information content (AvgIpc) is 3.39. The molecule has 6 nitrogen and oxygen atoms in total. The SMILES string of the molecule is CCn1nccc1-c1cc(Cl)cc(NC(=O)c2cc(N3CCCS3)ncc2Cl)c1. The van der Waals surface area contributed by atoms with Crippen LogP contribution in [0.25, 0.3) is 11.3 Å². The van der Waals surface area contributed by atoms with E-state index in [0.717, 1.165) is 42.3 Å². The van der Waals surface area contributed by atoms with Crippen molar-refractivity contribution < 1.29 is 4.79 Å². The van der Waals surface area contributed by atoms with Crippen molar-refractivity contribution in [3.05, 3.63) is 58.3 Å². The van der Waals surface area contributed by atoms with E-state index in [1.165, 1.54) is 6.20 Å². The van der Waals surface area contributed by atoms with Crippen LogP contribution in [0.4, 0.5) is 11.5 Å². The third-order valence-electron chi connectivity index (χ3n) is 4.56. The monoisotopic (exact) mass is 447 g/mol. The minimum absolute atomic E-state index is 0.305. The maximum atomic E-state index is 12.9. The van der Waals surface area contributed by atoms with Crippen molar-refractivity contribution in [2.45, 2.75) is 19.9 Å². The molecule has 1 fully saturated rings. The van der Waals surface area contributed by atoms with Crippen LogP contribution in [0.15, 0.2) is 42.7 Å². The van der Waals surface area contributed by atoms with Crippen LogP contribution < -0.4 is 9.62 Å². The number of aromatic nitrogens is 3. The summed E-state index contributed by atoms with van der Waals surface area (Å²) >= 11 is 14.3. The summed E-state index contributed by atoms with van der Waals surface area (Å²) in [5.41, 5.74) is 2.78. The van der Waals surface area contributed by atoms with E-state index >= 15 is 0 Å². The van der Waals surface area contributed by atoms with Gasteiger partial charge in [-0.25, -0.2) is 4.98 Å². The fraction of sp³-hybridized carbons (Fsp3) is 0.250. The highest BCUT2D eigenvalue weighted by Crippen LogP contribution is 2.31. The Morgan fingerprint density at radius 1 is 1.28 bits per heavy atom. The highest BCUT2D eigenvalue weighted by molar-refractivity contribution is 8.00. The van der Waals surface area contributed by atoms with Crippen molar-refractivity contribution in [3.63, 3.8) is 0 Å². The summed E-state index contributed by atoms with van der Waals surface area (Å²) in [6, 6.07) is 9.08. The molecule has 2 aromatic heterocycles. The minimum Gasteiger partial charge on any atom is -0.322 e. The van der Waals surface area contributed by atoms with E-state index in [0.29, 0.717) is 21.3 Å². The zero-order valence-corrected chi connectivity index (χ0v) is 18.1. The fourth-order valence-corrected chi connectivity index (χ4v) is 4.60. The van der Waals surface area contributed by atoms with Crippen LogP contribution in [0.1, 0.15) is 23.7 Å². The lowest BCUT2D eigenvalue weighted by Gasteiger charge is -2.16. The third kappa shape index (κ3) is 4.37. The molecule has 1 aliphatic heterocycles. The van der Waals surface area contributed by atoms with Crippen LogP contribution >= 0.6 is 35.1 Å². The van der Waals surface area contributed by atoms with Crippen LogP contribution in [-0.2, 0) is 6.54 Å². The standard InChI is InChI=1S/C20H19Cl2N5OS/c1-2-26-18(4-5-24-26)13-8-14(21)10-15(9-13)25-20(28)16-11-19(23-12-17(16)22)27-6-3-7-29-27/h4-5,8-12H,2-3,6-7H2,1H3,(H,25,28). The number of halogens is 2. The Kier molecular flexibility index (Phi) is 5.99. The number of nitrogens with zero attached hydrogens (tertiary/aromatic N) is 4. The molecule has 0 bridgehead atoms. The Bertz CT molecular complexity index is 1050. The number of benzene rings is 1.